The van der Waals surface area contributed by atoms with Gasteiger partial charge in [-0.05, 0) is 24.3 Å². The van der Waals surface area contributed by atoms with Crippen molar-refractivity contribution in [3.05, 3.63) is 30.1 Å². The molecule has 1 aromatic carbocycles. The molecule has 0 aromatic heterocycles. The fourth-order valence-corrected chi connectivity index (χ4v) is 1.58. The van der Waals surface area contributed by atoms with Gasteiger partial charge in [0.1, 0.15) is 5.82 Å². The summed E-state index contributed by atoms with van der Waals surface area (Å²) in [4.78, 5) is 24.3. The Morgan fingerprint density at radius 1 is 1.25 bits per heavy atom. The Hall–Kier alpha value is -2.11. The first-order valence-electron chi connectivity index (χ1n) is 4.67. The van der Waals surface area contributed by atoms with Crippen LogP contribution in [-0.2, 0) is 0 Å². The molecule has 1 N–H and O–H groups in total. The minimum atomic E-state index is -1.27. The number of carbonyl (C=O) groups excluding carboxylic acids is 1. The quantitative estimate of drug-likeness (QED) is 0.790. The summed E-state index contributed by atoms with van der Waals surface area (Å²) < 4.78 is 12.7. The van der Waals surface area contributed by atoms with Gasteiger partial charge in [-0.2, -0.15) is 0 Å². The minimum Gasteiger partial charge on any atom is -0.465 e. The molecule has 1 saturated heterocycles. The number of hydrogen-bond donors (Lipinski definition) is 1. The van der Waals surface area contributed by atoms with Crippen LogP contribution in [0.3, 0.4) is 0 Å². The summed E-state index contributed by atoms with van der Waals surface area (Å²) in [6.45, 7) is 0.419. The monoisotopic (exact) mass is 224 g/mol. The van der Waals surface area contributed by atoms with Gasteiger partial charge in [0.25, 0.3) is 0 Å². The van der Waals surface area contributed by atoms with Crippen molar-refractivity contribution in [3.63, 3.8) is 0 Å². The molecule has 0 radical (unpaired) electrons. The molecule has 84 valence electrons. The first kappa shape index (κ1) is 10.4. The Morgan fingerprint density at radius 2 is 1.88 bits per heavy atom. The summed E-state index contributed by atoms with van der Waals surface area (Å²) in [7, 11) is 0. The van der Waals surface area contributed by atoms with Crippen LogP contribution in [0.15, 0.2) is 24.3 Å². The Balaban J connectivity index is 2.21. The smallest absolute Gasteiger partial charge is 0.415 e. The van der Waals surface area contributed by atoms with Crippen LogP contribution < -0.4 is 4.90 Å². The third-order valence-electron chi connectivity index (χ3n) is 2.38. The van der Waals surface area contributed by atoms with E-state index >= 15 is 0 Å². The fraction of sp³-hybridized carbons (Fsp3) is 0.200. The molecule has 5 nitrogen and oxygen atoms in total. The highest BCUT2D eigenvalue weighted by Gasteiger charge is 2.33. The maximum absolute atomic E-state index is 12.7. The van der Waals surface area contributed by atoms with E-state index in [0.717, 1.165) is 4.90 Å². The van der Waals surface area contributed by atoms with Crippen LogP contribution in [0, 0.1) is 5.82 Å². The second-order valence-electron chi connectivity index (χ2n) is 3.34. The van der Waals surface area contributed by atoms with E-state index in [1.54, 1.807) is 0 Å². The van der Waals surface area contributed by atoms with Gasteiger partial charge in [0, 0.05) is 12.2 Å². The van der Waals surface area contributed by atoms with Crippen molar-refractivity contribution in [1.82, 2.24) is 4.90 Å². The van der Waals surface area contributed by atoms with Crippen LogP contribution in [-0.4, -0.2) is 35.2 Å². The molecule has 0 bridgehead atoms. The normalized spacial score (nSPS) is 15.7. The van der Waals surface area contributed by atoms with Crippen LogP contribution in [0.1, 0.15) is 0 Å². The van der Waals surface area contributed by atoms with Crippen molar-refractivity contribution in [2.45, 2.75) is 0 Å². The van der Waals surface area contributed by atoms with Gasteiger partial charge in [-0.15, -0.1) is 0 Å². The van der Waals surface area contributed by atoms with Crippen LogP contribution >= 0.6 is 0 Å². The Labute approximate surface area is 90.7 Å². The minimum absolute atomic E-state index is 0.130. The summed E-state index contributed by atoms with van der Waals surface area (Å²) in [5.41, 5.74) is 0.496. The van der Waals surface area contributed by atoms with Gasteiger partial charge in [-0.25, -0.2) is 18.9 Å². The number of halogens is 1. The zero-order chi connectivity index (χ0) is 11.7. The topological polar surface area (TPSA) is 60.9 Å². The molecule has 0 spiro atoms. The largest absolute Gasteiger partial charge is 0.465 e. The molecular formula is C10H9FN2O3. The molecule has 1 aromatic rings. The van der Waals surface area contributed by atoms with Crippen molar-refractivity contribution >= 4 is 17.8 Å². The number of rotatable bonds is 1. The maximum Gasteiger partial charge on any atom is 0.415 e. The summed E-state index contributed by atoms with van der Waals surface area (Å²) in [6.07, 6.45) is -1.27. The zero-order valence-electron chi connectivity index (χ0n) is 8.26. The molecule has 1 aliphatic heterocycles. The maximum atomic E-state index is 12.7. The van der Waals surface area contributed by atoms with Gasteiger partial charge < -0.3 is 5.11 Å². The van der Waals surface area contributed by atoms with Crippen molar-refractivity contribution < 1.29 is 19.1 Å². The molecular weight excluding hydrogens is 215 g/mol. The van der Waals surface area contributed by atoms with E-state index < -0.39 is 17.9 Å². The molecule has 0 unspecified atom stereocenters. The lowest BCUT2D eigenvalue weighted by Crippen LogP contribution is -2.35. The van der Waals surface area contributed by atoms with E-state index in [0.29, 0.717) is 5.69 Å². The molecule has 0 aliphatic carbocycles. The van der Waals surface area contributed by atoms with Crippen molar-refractivity contribution in [2.75, 3.05) is 18.0 Å². The van der Waals surface area contributed by atoms with Crippen LogP contribution in [0.25, 0.3) is 0 Å². The zero-order valence-corrected chi connectivity index (χ0v) is 8.26. The third-order valence-corrected chi connectivity index (χ3v) is 2.38. The number of nitrogens with zero attached hydrogens (tertiary/aromatic N) is 2. The average molecular weight is 224 g/mol. The Kier molecular flexibility index (Phi) is 2.47. The predicted octanol–water partition coefficient (Wildman–Crippen LogP) is 1.75. The number of benzene rings is 1. The molecule has 0 atom stereocenters. The molecule has 16 heavy (non-hydrogen) atoms. The van der Waals surface area contributed by atoms with Crippen LogP contribution in [0.4, 0.5) is 19.7 Å². The van der Waals surface area contributed by atoms with Gasteiger partial charge in [-0.1, -0.05) is 0 Å². The molecule has 6 heteroatoms. The number of anilines is 1. The van der Waals surface area contributed by atoms with E-state index in [-0.39, 0.29) is 13.1 Å². The second kappa shape index (κ2) is 3.80. The molecule has 1 aliphatic rings. The summed E-state index contributed by atoms with van der Waals surface area (Å²) in [5, 5.41) is 8.71. The summed E-state index contributed by atoms with van der Waals surface area (Å²) in [6, 6.07) is 4.74. The highest BCUT2D eigenvalue weighted by molar-refractivity contribution is 6.02. The number of carbonyl (C=O) groups is 2. The van der Waals surface area contributed by atoms with Gasteiger partial charge >= 0.3 is 12.1 Å². The number of carboxylic acid groups (broad SMARTS) is 1. The predicted molar refractivity (Wildman–Crippen MR) is 53.9 cm³/mol. The van der Waals surface area contributed by atoms with Gasteiger partial charge in [-0.3, -0.25) is 4.90 Å². The highest BCUT2D eigenvalue weighted by atomic mass is 19.1. The molecule has 3 amide bonds. The van der Waals surface area contributed by atoms with Crippen LogP contribution in [0.5, 0.6) is 0 Å². The van der Waals surface area contributed by atoms with Crippen molar-refractivity contribution in [3.8, 4) is 0 Å². The summed E-state index contributed by atoms with van der Waals surface area (Å²) >= 11 is 0. The van der Waals surface area contributed by atoms with E-state index in [2.05, 4.69) is 0 Å². The first-order chi connectivity index (χ1) is 7.59. The number of urea groups is 1. The second-order valence-corrected chi connectivity index (χ2v) is 3.34. The third kappa shape index (κ3) is 1.69. The van der Waals surface area contributed by atoms with E-state index in [1.807, 2.05) is 0 Å². The fourth-order valence-electron chi connectivity index (χ4n) is 1.58. The Morgan fingerprint density at radius 3 is 2.38 bits per heavy atom. The average Bonchev–Trinajstić information content (AvgIpc) is 2.61. The van der Waals surface area contributed by atoms with Crippen LogP contribution in [0.2, 0.25) is 0 Å². The number of imide groups is 1. The number of amides is 3. The standard InChI is InChI=1S/C10H9FN2O3/c11-7-1-3-8(4-2-7)12-5-6-13(9(12)14)10(15)16/h1-4H,5-6H2,(H,15,16). The summed E-state index contributed by atoms with van der Waals surface area (Å²) in [5.74, 6) is -0.398. The van der Waals surface area contributed by atoms with E-state index in [4.69, 9.17) is 5.11 Å². The number of hydrogen-bond acceptors (Lipinski definition) is 2. The van der Waals surface area contributed by atoms with Crippen molar-refractivity contribution in [2.24, 2.45) is 0 Å². The molecule has 1 heterocycles. The van der Waals surface area contributed by atoms with Crippen molar-refractivity contribution in [1.29, 1.82) is 0 Å². The lowest BCUT2D eigenvalue weighted by molar-refractivity contribution is 0.158. The van der Waals surface area contributed by atoms with Gasteiger partial charge in [0.05, 0.1) is 6.54 Å². The van der Waals surface area contributed by atoms with E-state index in [1.165, 1.54) is 29.2 Å². The van der Waals surface area contributed by atoms with Gasteiger partial charge in [0.2, 0.25) is 0 Å². The van der Waals surface area contributed by atoms with E-state index in [9.17, 15) is 14.0 Å². The SMILES string of the molecule is O=C(O)N1CCN(c2ccc(F)cc2)C1=O. The Bertz CT molecular complexity index is 432. The lowest BCUT2D eigenvalue weighted by Gasteiger charge is -2.15. The molecule has 2 rings (SSSR count). The molecule has 0 saturated carbocycles. The lowest BCUT2D eigenvalue weighted by atomic mass is 10.3. The highest BCUT2D eigenvalue weighted by Crippen LogP contribution is 2.20. The molecule has 1 fully saturated rings. The first-order valence-corrected chi connectivity index (χ1v) is 4.67. The van der Waals surface area contributed by atoms with Gasteiger partial charge in [0.15, 0.2) is 0 Å².